The zero-order chi connectivity index (χ0) is 14.8. The standard InChI is InChI=1S/C13H10ClN5OS/c1-21-13-11(15-4-5-16-13)12(20)18-9-3-2-8-7(10(9)14)6-17-19-8/h2-6H,1H3,(H,17,19)(H,18,20). The van der Waals surface area contributed by atoms with Gasteiger partial charge in [-0.1, -0.05) is 11.6 Å². The maximum Gasteiger partial charge on any atom is 0.277 e. The van der Waals surface area contributed by atoms with Gasteiger partial charge >= 0.3 is 0 Å². The molecule has 21 heavy (non-hydrogen) atoms. The molecule has 0 aliphatic rings. The molecule has 0 aliphatic heterocycles. The molecule has 2 aromatic heterocycles. The van der Waals surface area contributed by atoms with Gasteiger partial charge in [-0.3, -0.25) is 9.89 Å². The zero-order valence-electron chi connectivity index (χ0n) is 10.9. The van der Waals surface area contributed by atoms with Gasteiger partial charge in [0.05, 0.1) is 22.4 Å². The predicted molar refractivity (Wildman–Crippen MR) is 82.9 cm³/mol. The SMILES string of the molecule is CSc1nccnc1C(=O)Nc1ccc2[nH]ncc2c1Cl. The summed E-state index contributed by atoms with van der Waals surface area (Å²) >= 11 is 7.63. The largest absolute Gasteiger partial charge is 0.319 e. The zero-order valence-corrected chi connectivity index (χ0v) is 12.5. The molecule has 2 heterocycles. The lowest BCUT2D eigenvalue weighted by Crippen LogP contribution is -2.15. The average molecular weight is 320 g/mol. The molecular formula is C13H10ClN5OS. The molecule has 0 saturated heterocycles. The van der Waals surface area contributed by atoms with Crippen molar-refractivity contribution in [2.45, 2.75) is 5.03 Å². The van der Waals surface area contributed by atoms with Gasteiger partial charge in [0.2, 0.25) is 0 Å². The molecule has 0 unspecified atom stereocenters. The molecule has 2 N–H and O–H groups in total. The van der Waals surface area contributed by atoms with Crippen LogP contribution in [0.15, 0.2) is 35.7 Å². The molecular weight excluding hydrogens is 310 g/mol. The molecule has 0 atom stereocenters. The number of aromatic amines is 1. The van der Waals surface area contributed by atoms with Crippen molar-refractivity contribution in [1.82, 2.24) is 20.2 Å². The van der Waals surface area contributed by atoms with E-state index in [9.17, 15) is 4.79 Å². The topological polar surface area (TPSA) is 83.6 Å². The Morgan fingerprint density at radius 1 is 1.33 bits per heavy atom. The lowest BCUT2D eigenvalue weighted by atomic mass is 10.2. The molecule has 1 amide bonds. The van der Waals surface area contributed by atoms with Crippen LogP contribution in [-0.4, -0.2) is 32.3 Å². The number of hydrogen-bond donors (Lipinski definition) is 2. The van der Waals surface area contributed by atoms with Gasteiger partial charge in [0.25, 0.3) is 5.91 Å². The van der Waals surface area contributed by atoms with Crippen LogP contribution in [0.1, 0.15) is 10.5 Å². The van der Waals surface area contributed by atoms with E-state index >= 15 is 0 Å². The van der Waals surface area contributed by atoms with E-state index < -0.39 is 0 Å². The highest BCUT2D eigenvalue weighted by molar-refractivity contribution is 7.98. The van der Waals surface area contributed by atoms with E-state index in [4.69, 9.17) is 11.6 Å². The number of halogens is 1. The van der Waals surface area contributed by atoms with Crippen molar-refractivity contribution in [2.75, 3.05) is 11.6 Å². The van der Waals surface area contributed by atoms with Crippen LogP contribution in [0, 0.1) is 0 Å². The van der Waals surface area contributed by atoms with Crippen LogP contribution in [0.2, 0.25) is 5.02 Å². The van der Waals surface area contributed by atoms with Crippen LogP contribution in [-0.2, 0) is 0 Å². The van der Waals surface area contributed by atoms with Crippen LogP contribution in [0.4, 0.5) is 5.69 Å². The second kappa shape index (κ2) is 5.71. The smallest absolute Gasteiger partial charge is 0.277 e. The van der Waals surface area contributed by atoms with E-state index in [1.807, 2.05) is 6.26 Å². The minimum absolute atomic E-state index is 0.272. The van der Waals surface area contributed by atoms with Crippen LogP contribution >= 0.6 is 23.4 Å². The maximum atomic E-state index is 12.3. The average Bonchev–Trinajstić information content (AvgIpc) is 2.99. The van der Waals surface area contributed by atoms with Gasteiger partial charge in [-0.2, -0.15) is 5.10 Å². The van der Waals surface area contributed by atoms with Crippen molar-refractivity contribution >= 4 is 45.9 Å². The highest BCUT2D eigenvalue weighted by Crippen LogP contribution is 2.30. The Hall–Kier alpha value is -2.12. The van der Waals surface area contributed by atoms with Crippen molar-refractivity contribution < 1.29 is 4.79 Å². The summed E-state index contributed by atoms with van der Waals surface area (Å²) in [5.41, 5.74) is 1.59. The second-order valence-corrected chi connectivity index (χ2v) is 5.30. The third-order valence-corrected chi connectivity index (χ3v) is 3.97. The fourth-order valence-corrected chi connectivity index (χ4v) is 2.66. The first kappa shape index (κ1) is 13.8. The van der Waals surface area contributed by atoms with Crippen molar-refractivity contribution in [2.24, 2.45) is 0 Å². The first-order valence-electron chi connectivity index (χ1n) is 5.98. The Balaban J connectivity index is 1.94. The van der Waals surface area contributed by atoms with E-state index in [0.29, 0.717) is 15.7 Å². The normalized spacial score (nSPS) is 10.8. The Morgan fingerprint density at radius 3 is 2.95 bits per heavy atom. The van der Waals surface area contributed by atoms with Crippen LogP contribution in [0.25, 0.3) is 10.9 Å². The summed E-state index contributed by atoms with van der Waals surface area (Å²) in [6.45, 7) is 0. The van der Waals surface area contributed by atoms with Crippen LogP contribution in [0.3, 0.4) is 0 Å². The van der Waals surface area contributed by atoms with Crippen LogP contribution < -0.4 is 5.32 Å². The molecule has 3 rings (SSSR count). The summed E-state index contributed by atoms with van der Waals surface area (Å²) in [6.07, 6.45) is 6.48. The number of H-pyrrole nitrogens is 1. The van der Waals surface area contributed by atoms with Crippen molar-refractivity contribution in [3.8, 4) is 0 Å². The van der Waals surface area contributed by atoms with E-state index in [0.717, 1.165) is 10.9 Å². The minimum Gasteiger partial charge on any atom is -0.319 e. The maximum absolute atomic E-state index is 12.3. The predicted octanol–water partition coefficient (Wildman–Crippen LogP) is 2.98. The van der Waals surface area contributed by atoms with E-state index in [2.05, 4.69) is 25.5 Å². The third kappa shape index (κ3) is 2.57. The molecule has 3 aromatic rings. The van der Waals surface area contributed by atoms with Gasteiger partial charge in [0.1, 0.15) is 5.03 Å². The number of fused-ring (bicyclic) bond motifs is 1. The number of rotatable bonds is 3. The van der Waals surface area contributed by atoms with Crippen LogP contribution in [0.5, 0.6) is 0 Å². The monoisotopic (exact) mass is 319 g/mol. The summed E-state index contributed by atoms with van der Waals surface area (Å²) in [5.74, 6) is -0.350. The van der Waals surface area contributed by atoms with Gasteiger partial charge < -0.3 is 5.32 Å². The van der Waals surface area contributed by atoms with Crippen molar-refractivity contribution in [1.29, 1.82) is 0 Å². The molecule has 106 valence electrons. The van der Waals surface area contributed by atoms with E-state index in [1.54, 1.807) is 24.5 Å². The third-order valence-electron chi connectivity index (χ3n) is 2.88. The summed E-state index contributed by atoms with van der Waals surface area (Å²) in [4.78, 5) is 20.5. The quantitative estimate of drug-likeness (QED) is 0.725. The molecule has 0 fully saturated rings. The fourth-order valence-electron chi connectivity index (χ4n) is 1.89. The highest BCUT2D eigenvalue weighted by atomic mass is 35.5. The lowest BCUT2D eigenvalue weighted by molar-refractivity contribution is 0.101. The summed E-state index contributed by atoms with van der Waals surface area (Å²) in [6, 6.07) is 3.52. The van der Waals surface area contributed by atoms with E-state index in [-0.39, 0.29) is 11.6 Å². The van der Waals surface area contributed by atoms with Gasteiger partial charge in [0, 0.05) is 17.8 Å². The van der Waals surface area contributed by atoms with Gasteiger partial charge in [-0.25, -0.2) is 9.97 Å². The van der Waals surface area contributed by atoms with Gasteiger partial charge in [-0.15, -0.1) is 11.8 Å². The molecule has 8 heteroatoms. The summed E-state index contributed by atoms with van der Waals surface area (Å²) < 4.78 is 0. The molecule has 0 aliphatic carbocycles. The Labute approximate surface area is 129 Å². The number of nitrogens with zero attached hydrogens (tertiary/aromatic N) is 3. The van der Waals surface area contributed by atoms with Gasteiger partial charge in [0.15, 0.2) is 5.69 Å². The first-order valence-corrected chi connectivity index (χ1v) is 7.59. The summed E-state index contributed by atoms with van der Waals surface area (Å²) in [5, 5.41) is 11.2. The highest BCUT2D eigenvalue weighted by Gasteiger charge is 2.16. The molecule has 6 nitrogen and oxygen atoms in total. The Morgan fingerprint density at radius 2 is 2.14 bits per heavy atom. The number of hydrogen-bond acceptors (Lipinski definition) is 5. The minimum atomic E-state index is -0.350. The lowest BCUT2D eigenvalue weighted by Gasteiger charge is -2.08. The number of nitrogens with one attached hydrogen (secondary N) is 2. The number of thioether (sulfide) groups is 1. The second-order valence-electron chi connectivity index (χ2n) is 4.13. The molecule has 0 radical (unpaired) electrons. The van der Waals surface area contributed by atoms with Crippen molar-refractivity contribution in [3.05, 3.63) is 41.4 Å². The number of carbonyl (C=O) groups excluding carboxylic acids is 1. The van der Waals surface area contributed by atoms with Gasteiger partial charge in [-0.05, 0) is 18.4 Å². The number of carbonyl (C=O) groups is 1. The molecule has 1 aromatic carbocycles. The molecule has 0 saturated carbocycles. The number of amides is 1. The molecule has 0 bridgehead atoms. The number of anilines is 1. The van der Waals surface area contributed by atoms with Crippen molar-refractivity contribution in [3.63, 3.8) is 0 Å². The number of benzene rings is 1. The Kier molecular flexibility index (Phi) is 3.76. The fraction of sp³-hybridized carbons (Fsp3) is 0.0769. The first-order chi connectivity index (χ1) is 10.2. The van der Waals surface area contributed by atoms with E-state index in [1.165, 1.54) is 18.0 Å². The Bertz CT molecular complexity index is 819. The number of aromatic nitrogens is 4. The molecule has 0 spiro atoms. The summed E-state index contributed by atoms with van der Waals surface area (Å²) in [7, 11) is 0.